The first kappa shape index (κ1) is 6.16. The van der Waals surface area contributed by atoms with E-state index in [4.69, 9.17) is 16.0 Å². The second kappa shape index (κ2) is 2.23. The van der Waals surface area contributed by atoms with Gasteiger partial charge in [0, 0.05) is 6.42 Å². The van der Waals surface area contributed by atoms with Crippen LogP contribution in [0.4, 0.5) is 0 Å². The maximum atomic E-state index is 5.42. The molecule has 2 rings (SSSR count). The maximum absolute atomic E-state index is 5.42. The highest BCUT2D eigenvalue weighted by molar-refractivity contribution is 6.27. The Kier molecular flexibility index (Phi) is 1.38. The molecule has 3 nitrogen and oxygen atoms in total. The van der Waals surface area contributed by atoms with Gasteiger partial charge in [0.2, 0.25) is 5.89 Å². The maximum Gasteiger partial charge on any atom is 0.312 e. The van der Waals surface area contributed by atoms with Crippen molar-refractivity contribution in [1.82, 2.24) is 10.2 Å². The van der Waals surface area contributed by atoms with Gasteiger partial charge in [-0.25, -0.2) is 0 Å². The second-order valence-corrected chi connectivity index (χ2v) is 2.92. The van der Waals surface area contributed by atoms with Crippen LogP contribution in [0.1, 0.15) is 18.7 Å². The van der Waals surface area contributed by atoms with Gasteiger partial charge in [0.1, 0.15) is 0 Å². The fraction of sp³-hybridized carbons (Fsp3) is 0.667. The van der Waals surface area contributed by atoms with Gasteiger partial charge in [-0.1, -0.05) is 5.10 Å². The monoisotopic (exact) mass is 158 g/mol. The minimum absolute atomic E-state index is 0.149. The normalized spacial score (nSPS) is 17.7. The standard InChI is InChI=1S/C6H7ClN2O/c7-6-9-8-5(10-6)3-4-1-2-4/h4H,1-3H2. The smallest absolute Gasteiger partial charge is 0.312 e. The summed E-state index contributed by atoms with van der Waals surface area (Å²) < 4.78 is 4.98. The first-order valence-corrected chi connectivity index (χ1v) is 3.70. The molecule has 0 radical (unpaired) electrons. The van der Waals surface area contributed by atoms with E-state index in [1.54, 1.807) is 0 Å². The molecule has 1 aromatic rings. The van der Waals surface area contributed by atoms with E-state index >= 15 is 0 Å². The lowest BCUT2D eigenvalue weighted by Crippen LogP contribution is -1.85. The molecule has 0 bridgehead atoms. The van der Waals surface area contributed by atoms with Crippen LogP contribution < -0.4 is 0 Å². The van der Waals surface area contributed by atoms with Crippen LogP contribution in [0.3, 0.4) is 0 Å². The van der Waals surface area contributed by atoms with E-state index in [1.165, 1.54) is 12.8 Å². The van der Waals surface area contributed by atoms with Crippen LogP contribution in [0.15, 0.2) is 4.42 Å². The van der Waals surface area contributed by atoms with Crippen LogP contribution in [0.25, 0.3) is 0 Å². The van der Waals surface area contributed by atoms with Crippen molar-refractivity contribution in [2.24, 2.45) is 5.92 Å². The summed E-state index contributed by atoms with van der Waals surface area (Å²) in [5.74, 6) is 1.45. The van der Waals surface area contributed by atoms with Crippen molar-refractivity contribution in [3.8, 4) is 0 Å². The van der Waals surface area contributed by atoms with Crippen LogP contribution >= 0.6 is 11.6 Å². The summed E-state index contributed by atoms with van der Waals surface area (Å²) in [6.07, 6.45) is 3.49. The molecule has 1 fully saturated rings. The molecule has 54 valence electrons. The van der Waals surface area contributed by atoms with E-state index in [1.807, 2.05) is 0 Å². The van der Waals surface area contributed by atoms with Crippen molar-refractivity contribution in [3.05, 3.63) is 11.2 Å². The van der Waals surface area contributed by atoms with Gasteiger partial charge in [-0.05, 0) is 30.4 Å². The zero-order valence-electron chi connectivity index (χ0n) is 5.38. The average Bonchev–Trinajstić information content (AvgIpc) is 2.59. The van der Waals surface area contributed by atoms with E-state index in [0.29, 0.717) is 5.89 Å². The Morgan fingerprint density at radius 3 is 2.80 bits per heavy atom. The van der Waals surface area contributed by atoms with Crippen LogP contribution in [-0.4, -0.2) is 10.2 Å². The van der Waals surface area contributed by atoms with Gasteiger partial charge >= 0.3 is 5.35 Å². The molecule has 4 heteroatoms. The molecule has 1 heterocycles. The minimum atomic E-state index is 0.149. The van der Waals surface area contributed by atoms with Gasteiger partial charge in [-0.2, -0.15) is 0 Å². The summed E-state index contributed by atoms with van der Waals surface area (Å²) in [6, 6.07) is 0. The van der Waals surface area contributed by atoms with E-state index in [2.05, 4.69) is 10.2 Å². The third-order valence-corrected chi connectivity index (χ3v) is 1.76. The molecular formula is C6H7ClN2O. The Morgan fingerprint density at radius 1 is 1.50 bits per heavy atom. The SMILES string of the molecule is Clc1nnc(CC2CC2)o1. The molecule has 1 saturated carbocycles. The van der Waals surface area contributed by atoms with Crippen molar-refractivity contribution in [2.45, 2.75) is 19.3 Å². The lowest BCUT2D eigenvalue weighted by Gasteiger charge is -1.85. The summed E-state index contributed by atoms with van der Waals surface area (Å²) in [5.41, 5.74) is 0. The lowest BCUT2D eigenvalue weighted by atomic mass is 10.3. The Hall–Kier alpha value is -0.570. The number of aromatic nitrogens is 2. The molecule has 0 N–H and O–H groups in total. The van der Waals surface area contributed by atoms with Gasteiger partial charge in [0.05, 0.1) is 0 Å². The van der Waals surface area contributed by atoms with E-state index < -0.39 is 0 Å². The topological polar surface area (TPSA) is 38.9 Å². The Labute approximate surface area is 63.4 Å². The molecule has 1 aromatic heterocycles. The Morgan fingerprint density at radius 2 is 2.30 bits per heavy atom. The van der Waals surface area contributed by atoms with Crippen LogP contribution in [0.2, 0.25) is 5.35 Å². The summed E-state index contributed by atoms with van der Waals surface area (Å²) in [5, 5.41) is 7.44. The third kappa shape index (κ3) is 1.29. The summed E-state index contributed by atoms with van der Waals surface area (Å²) in [4.78, 5) is 0. The number of nitrogens with zero attached hydrogens (tertiary/aromatic N) is 2. The number of halogens is 1. The van der Waals surface area contributed by atoms with Gasteiger partial charge in [-0.3, -0.25) is 0 Å². The summed E-state index contributed by atoms with van der Waals surface area (Å²) in [7, 11) is 0. The van der Waals surface area contributed by atoms with Crippen molar-refractivity contribution in [3.63, 3.8) is 0 Å². The Balaban J connectivity index is 2.03. The molecule has 1 aliphatic carbocycles. The zero-order valence-corrected chi connectivity index (χ0v) is 6.14. The molecule has 0 unspecified atom stereocenters. The predicted molar refractivity (Wildman–Crippen MR) is 35.7 cm³/mol. The van der Waals surface area contributed by atoms with Gasteiger partial charge in [-0.15, -0.1) is 5.10 Å². The van der Waals surface area contributed by atoms with Gasteiger partial charge in [0.25, 0.3) is 0 Å². The molecule has 1 aliphatic rings. The molecule has 0 spiro atoms. The fourth-order valence-corrected chi connectivity index (χ4v) is 1.01. The number of hydrogen-bond donors (Lipinski definition) is 0. The van der Waals surface area contributed by atoms with Crippen molar-refractivity contribution < 1.29 is 4.42 Å². The van der Waals surface area contributed by atoms with Gasteiger partial charge < -0.3 is 4.42 Å². The molecule has 0 aromatic carbocycles. The first-order chi connectivity index (χ1) is 4.84. The van der Waals surface area contributed by atoms with E-state index in [-0.39, 0.29) is 5.35 Å². The average molecular weight is 159 g/mol. The van der Waals surface area contributed by atoms with Crippen molar-refractivity contribution >= 4 is 11.6 Å². The summed E-state index contributed by atoms with van der Waals surface area (Å²) >= 11 is 5.42. The highest BCUT2D eigenvalue weighted by Crippen LogP contribution is 2.32. The lowest BCUT2D eigenvalue weighted by molar-refractivity contribution is 0.483. The quantitative estimate of drug-likeness (QED) is 0.658. The molecule has 10 heavy (non-hydrogen) atoms. The number of hydrogen-bond acceptors (Lipinski definition) is 3. The molecular weight excluding hydrogens is 152 g/mol. The second-order valence-electron chi connectivity index (χ2n) is 2.60. The highest BCUT2D eigenvalue weighted by Gasteiger charge is 2.23. The molecule has 0 saturated heterocycles. The summed E-state index contributed by atoms with van der Waals surface area (Å²) in [6.45, 7) is 0. The molecule has 0 aliphatic heterocycles. The third-order valence-electron chi connectivity index (χ3n) is 1.60. The van der Waals surface area contributed by atoms with Crippen LogP contribution in [0, 0.1) is 5.92 Å². The van der Waals surface area contributed by atoms with E-state index in [0.717, 1.165) is 12.3 Å². The molecule has 0 amide bonds. The minimum Gasteiger partial charge on any atom is -0.412 e. The Bertz CT molecular complexity index is 231. The first-order valence-electron chi connectivity index (χ1n) is 3.32. The van der Waals surface area contributed by atoms with Crippen molar-refractivity contribution in [1.29, 1.82) is 0 Å². The van der Waals surface area contributed by atoms with E-state index in [9.17, 15) is 0 Å². The van der Waals surface area contributed by atoms with Crippen molar-refractivity contribution in [2.75, 3.05) is 0 Å². The largest absolute Gasteiger partial charge is 0.412 e. The zero-order chi connectivity index (χ0) is 6.97. The highest BCUT2D eigenvalue weighted by atomic mass is 35.5. The van der Waals surface area contributed by atoms with Gasteiger partial charge in [0.15, 0.2) is 0 Å². The fourth-order valence-electron chi connectivity index (χ4n) is 0.885. The van der Waals surface area contributed by atoms with Crippen LogP contribution in [0.5, 0.6) is 0 Å². The number of rotatable bonds is 2. The van der Waals surface area contributed by atoms with Crippen LogP contribution in [-0.2, 0) is 6.42 Å². The predicted octanol–water partition coefficient (Wildman–Crippen LogP) is 1.68. The molecule has 0 atom stereocenters.